The summed E-state index contributed by atoms with van der Waals surface area (Å²) in [5.41, 5.74) is 1.89. The Labute approximate surface area is 162 Å². The molecule has 144 valence electrons. The smallest absolute Gasteiger partial charge is 0.341 e. The van der Waals surface area contributed by atoms with Crippen LogP contribution >= 0.6 is 11.3 Å². The maximum absolute atomic E-state index is 12.9. The largest absolute Gasteiger partial charge is 0.497 e. The van der Waals surface area contributed by atoms with E-state index in [-0.39, 0.29) is 11.9 Å². The molecule has 2 aromatic rings. The topological polar surface area (TPSA) is 73.9 Å². The average molecular weight is 389 g/mol. The first-order chi connectivity index (χ1) is 13.1. The summed E-state index contributed by atoms with van der Waals surface area (Å²) in [5.74, 6) is 0.292. The number of amides is 1. The Morgan fingerprint density at radius 2 is 1.93 bits per heavy atom. The molecule has 27 heavy (non-hydrogen) atoms. The van der Waals surface area contributed by atoms with Gasteiger partial charge in [-0.3, -0.25) is 4.79 Å². The van der Waals surface area contributed by atoms with Crippen LogP contribution in [0.4, 0.5) is 5.00 Å². The van der Waals surface area contributed by atoms with Crippen molar-refractivity contribution in [3.8, 4) is 11.5 Å². The van der Waals surface area contributed by atoms with E-state index in [4.69, 9.17) is 14.2 Å². The van der Waals surface area contributed by atoms with Gasteiger partial charge in [-0.2, -0.15) is 0 Å². The third-order valence-electron chi connectivity index (χ3n) is 4.53. The summed E-state index contributed by atoms with van der Waals surface area (Å²) in [5, 5.41) is 3.44. The zero-order valence-electron chi connectivity index (χ0n) is 15.7. The van der Waals surface area contributed by atoms with E-state index in [2.05, 4.69) is 5.32 Å². The first kappa shape index (κ1) is 19.2. The zero-order valence-corrected chi connectivity index (χ0v) is 16.5. The standard InChI is InChI=1S/C20H23NO5S/c1-4-26-20(23)17-14-7-5-6-8-16(14)27-19(17)21-18(22)13-10-9-12(24-2)11-15(13)25-3/h9-11H,4-8H2,1-3H3,(H,21,22). The minimum atomic E-state index is -0.381. The van der Waals surface area contributed by atoms with Gasteiger partial charge in [0, 0.05) is 10.9 Å². The van der Waals surface area contributed by atoms with Crippen LogP contribution in [-0.4, -0.2) is 32.7 Å². The lowest BCUT2D eigenvalue weighted by atomic mass is 9.95. The van der Waals surface area contributed by atoms with Crippen LogP contribution in [-0.2, 0) is 17.6 Å². The van der Waals surface area contributed by atoms with Crippen molar-refractivity contribution < 1.29 is 23.8 Å². The number of anilines is 1. The molecule has 1 heterocycles. The van der Waals surface area contributed by atoms with Crippen molar-refractivity contribution in [2.75, 3.05) is 26.1 Å². The maximum Gasteiger partial charge on any atom is 0.341 e. The number of benzene rings is 1. The van der Waals surface area contributed by atoms with E-state index in [0.29, 0.717) is 34.2 Å². The van der Waals surface area contributed by atoms with Crippen molar-refractivity contribution in [3.05, 3.63) is 39.8 Å². The van der Waals surface area contributed by atoms with Gasteiger partial charge < -0.3 is 19.5 Å². The van der Waals surface area contributed by atoms with E-state index in [1.54, 1.807) is 32.2 Å². The van der Waals surface area contributed by atoms with Gasteiger partial charge in [-0.1, -0.05) is 0 Å². The predicted octanol–water partition coefficient (Wildman–Crippen LogP) is 4.07. The Hall–Kier alpha value is -2.54. The SMILES string of the molecule is CCOC(=O)c1c(NC(=O)c2ccc(OC)cc2OC)sc2c1CCCC2. The Morgan fingerprint density at radius 1 is 1.15 bits per heavy atom. The lowest BCUT2D eigenvalue weighted by molar-refractivity contribution is 0.0526. The van der Waals surface area contributed by atoms with Crippen LogP contribution in [0.15, 0.2) is 18.2 Å². The summed E-state index contributed by atoms with van der Waals surface area (Å²) in [6.45, 7) is 2.07. The van der Waals surface area contributed by atoms with E-state index in [9.17, 15) is 9.59 Å². The molecular formula is C20H23NO5S. The van der Waals surface area contributed by atoms with Gasteiger partial charge in [0.25, 0.3) is 5.91 Å². The number of carbonyl (C=O) groups excluding carboxylic acids is 2. The molecule has 0 atom stereocenters. The number of hydrogen-bond acceptors (Lipinski definition) is 6. The van der Waals surface area contributed by atoms with Crippen molar-refractivity contribution in [2.24, 2.45) is 0 Å². The molecule has 1 aromatic carbocycles. The van der Waals surface area contributed by atoms with Crippen LogP contribution in [0.3, 0.4) is 0 Å². The number of thiophene rings is 1. The monoisotopic (exact) mass is 389 g/mol. The summed E-state index contributed by atoms with van der Waals surface area (Å²) < 4.78 is 15.7. The highest BCUT2D eigenvalue weighted by molar-refractivity contribution is 7.17. The molecule has 1 aromatic heterocycles. The minimum Gasteiger partial charge on any atom is -0.497 e. The number of carbonyl (C=O) groups is 2. The Kier molecular flexibility index (Phi) is 6.01. The minimum absolute atomic E-state index is 0.295. The Morgan fingerprint density at radius 3 is 2.63 bits per heavy atom. The first-order valence-electron chi connectivity index (χ1n) is 8.94. The number of hydrogen-bond donors (Lipinski definition) is 1. The van der Waals surface area contributed by atoms with Crippen LogP contribution in [0, 0.1) is 0 Å². The highest BCUT2D eigenvalue weighted by Gasteiger charge is 2.28. The number of ether oxygens (including phenoxy) is 3. The molecular weight excluding hydrogens is 366 g/mol. The molecule has 1 aliphatic carbocycles. The van der Waals surface area contributed by atoms with E-state index < -0.39 is 0 Å². The van der Waals surface area contributed by atoms with E-state index >= 15 is 0 Å². The third kappa shape index (κ3) is 3.93. The molecule has 1 amide bonds. The summed E-state index contributed by atoms with van der Waals surface area (Å²) >= 11 is 1.46. The molecule has 0 radical (unpaired) electrons. The summed E-state index contributed by atoms with van der Waals surface area (Å²) in [7, 11) is 3.05. The lowest BCUT2D eigenvalue weighted by Gasteiger charge is -2.13. The van der Waals surface area contributed by atoms with Crippen molar-refractivity contribution in [3.63, 3.8) is 0 Å². The second kappa shape index (κ2) is 8.43. The lowest BCUT2D eigenvalue weighted by Crippen LogP contribution is -2.16. The highest BCUT2D eigenvalue weighted by Crippen LogP contribution is 2.39. The molecule has 0 spiro atoms. The van der Waals surface area contributed by atoms with Gasteiger partial charge in [-0.05, 0) is 50.3 Å². The summed E-state index contributed by atoms with van der Waals surface area (Å²) in [6.07, 6.45) is 3.89. The van der Waals surface area contributed by atoms with Gasteiger partial charge >= 0.3 is 5.97 Å². The molecule has 0 bridgehead atoms. The van der Waals surface area contributed by atoms with Crippen molar-refractivity contribution >= 4 is 28.2 Å². The fourth-order valence-corrected chi connectivity index (χ4v) is 4.50. The van der Waals surface area contributed by atoms with Crippen molar-refractivity contribution in [2.45, 2.75) is 32.6 Å². The van der Waals surface area contributed by atoms with Crippen LogP contribution in [0.5, 0.6) is 11.5 Å². The molecule has 0 unspecified atom stereocenters. The van der Waals surface area contributed by atoms with Gasteiger partial charge in [0.1, 0.15) is 16.5 Å². The maximum atomic E-state index is 12.9. The molecule has 3 rings (SSSR count). The van der Waals surface area contributed by atoms with Gasteiger partial charge in [0.05, 0.1) is 32.0 Å². The molecule has 0 saturated heterocycles. The summed E-state index contributed by atoms with van der Waals surface area (Å²) in [6, 6.07) is 4.99. The molecule has 1 aliphatic rings. The quantitative estimate of drug-likeness (QED) is 0.754. The van der Waals surface area contributed by atoms with Gasteiger partial charge in [-0.25, -0.2) is 4.79 Å². The second-order valence-electron chi connectivity index (χ2n) is 6.16. The van der Waals surface area contributed by atoms with Gasteiger partial charge in [0.2, 0.25) is 0 Å². The molecule has 0 fully saturated rings. The van der Waals surface area contributed by atoms with Crippen LogP contribution in [0.2, 0.25) is 0 Å². The molecule has 0 saturated carbocycles. The fraction of sp³-hybridized carbons (Fsp3) is 0.400. The zero-order chi connectivity index (χ0) is 19.4. The second-order valence-corrected chi connectivity index (χ2v) is 7.26. The molecule has 0 aliphatic heterocycles. The van der Waals surface area contributed by atoms with Crippen LogP contribution < -0.4 is 14.8 Å². The normalized spacial score (nSPS) is 12.9. The first-order valence-corrected chi connectivity index (χ1v) is 9.75. The molecule has 6 nitrogen and oxygen atoms in total. The van der Waals surface area contributed by atoms with Crippen LogP contribution in [0.1, 0.15) is 50.9 Å². The molecule has 7 heteroatoms. The van der Waals surface area contributed by atoms with E-state index in [0.717, 1.165) is 36.1 Å². The van der Waals surface area contributed by atoms with E-state index in [1.165, 1.54) is 18.4 Å². The van der Waals surface area contributed by atoms with Crippen molar-refractivity contribution in [1.29, 1.82) is 0 Å². The van der Waals surface area contributed by atoms with E-state index in [1.807, 2.05) is 0 Å². The Bertz CT molecular complexity index is 858. The summed E-state index contributed by atoms with van der Waals surface area (Å²) in [4.78, 5) is 26.5. The van der Waals surface area contributed by atoms with Crippen molar-refractivity contribution in [1.82, 2.24) is 0 Å². The Balaban J connectivity index is 1.94. The number of aryl methyl sites for hydroxylation is 1. The number of fused-ring (bicyclic) bond motifs is 1. The highest BCUT2D eigenvalue weighted by atomic mass is 32.1. The number of esters is 1. The number of nitrogens with one attached hydrogen (secondary N) is 1. The molecule has 1 N–H and O–H groups in total. The predicted molar refractivity (Wildman–Crippen MR) is 104 cm³/mol. The van der Waals surface area contributed by atoms with Gasteiger partial charge in [-0.15, -0.1) is 11.3 Å². The number of methoxy groups -OCH3 is 2. The fourth-order valence-electron chi connectivity index (χ4n) is 3.23. The van der Waals surface area contributed by atoms with Crippen LogP contribution in [0.25, 0.3) is 0 Å². The van der Waals surface area contributed by atoms with Gasteiger partial charge in [0.15, 0.2) is 0 Å². The number of rotatable bonds is 6. The average Bonchev–Trinajstić information content (AvgIpc) is 3.05. The third-order valence-corrected chi connectivity index (χ3v) is 5.74.